The van der Waals surface area contributed by atoms with Crippen molar-refractivity contribution >= 4 is 16.9 Å². The Balaban J connectivity index is 1.86. The number of rotatable bonds is 8. The Kier molecular flexibility index (Phi) is 6.19. The number of fused-ring (bicyclic) bond motifs is 2. The van der Waals surface area contributed by atoms with Gasteiger partial charge in [-0.2, -0.15) is 0 Å². The smallest absolute Gasteiger partial charge is 0.290 e. The third-order valence-electron chi connectivity index (χ3n) is 5.75. The Morgan fingerprint density at radius 3 is 2.59 bits per heavy atom. The molecule has 1 atom stereocenters. The van der Waals surface area contributed by atoms with Crippen molar-refractivity contribution in [3.05, 3.63) is 69.6 Å². The molecule has 1 amide bonds. The minimum Gasteiger partial charge on any atom is -0.493 e. The number of quaternary nitrogens is 1. The molecule has 0 radical (unpaired) electrons. The summed E-state index contributed by atoms with van der Waals surface area (Å²) in [5.74, 6) is 1.06. The SMILES string of the molecule is CCOc1ccc([C@@H]2c3c(oc4ccccc4c3=O)C(=O)N2CCC[NH+](C)C)cc1OC. The first kappa shape index (κ1) is 21.9. The molecule has 168 valence electrons. The lowest BCUT2D eigenvalue weighted by molar-refractivity contribution is -0.858. The van der Waals surface area contributed by atoms with Gasteiger partial charge in [0.15, 0.2) is 16.9 Å². The van der Waals surface area contributed by atoms with Crippen molar-refractivity contribution in [1.29, 1.82) is 0 Å². The van der Waals surface area contributed by atoms with Gasteiger partial charge in [0, 0.05) is 13.0 Å². The third-order valence-corrected chi connectivity index (χ3v) is 5.75. The summed E-state index contributed by atoms with van der Waals surface area (Å²) < 4.78 is 17.1. The monoisotopic (exact) mass is 437 g/mol. The van der Waals surface area contributed by atoms with E-state index in [1.807, 2.05) is 25.1 Å². The Labute approximate surface area is 187 Å². The van der Waals surface area contributed by atoms with Crippen LogP contribution < -0.4 is 19.8 Å². The second kappa shape index (κ2) is 9.04. The number of ether oxygens (including phenoxy) is 2. The Morgan fingerprint density at radius 2 is 1.88 bits per heavy atom. The number of carbonyl (C=O) groups excluding carboxylic acids is 1. The lowest BCUT2D eigenvalue weighted by atomic mass is 9.98. The van der Waals surface area contributed by atoms with Gasteiger partial charge >= 0.3 is 0 Å². The summed E-state index contributed by atoms with van der Waals surface area (Å²) in [4.78, 5) is 30.0. The molecule has 0 spiro atoms. The van der Waals surface area contributed by atoms with Crippen LogP contribution in [0.4, 0.5) is 0 Å². The van der Waals surface area contributed by atoms with Gasteiger partial charge in [-0.1, -0.05) is 18.2 Å². The number of carbonyl (C=O) groups is 1. The van der Waals surface area contributed by atoms with Gasteiger partial charge in [0.2, 0.25) is 5.76 Å². The first-order chi connectivity index (χ1) is 15.5. The van der Waals surface area contributed by atoms with Crippen molar-refractivity contribution in [1.82, 2.24) is 4.90 Å². The molecule has 0 bridgehead atoms. The number of para-hydroxylation sites is 1. The molecule has 7 nitrogen and oxygen atoms in total. The summed E-state index contributed by atoms with van der Waals surface area (Å²) in [6, 6.07) is 12.1. The highest BCUT2D eigenvalue weighted by molar-refractivity contribution is 5.99. The molecule has 7 heteroatoms. The standard InChI is InChI=1S/C25H28N2O5/c1-5-31-19-12-11-16(15-20(19)30-4)22-21-23(28)17-9-6-7-10-18(17)32-24(21)25(29)27(22)14-8-13-26(2)3/h6-7,9-12,15,22H,5,8,13-14H2,1-4H3/p+1/t22-/m1/s1. The molecule has 0 saturated heterocycles. The summed E-state index contributed by atoms with van der Waals surface area (Å²) in [7, 11) is 5.73. The van der Waals surface area contributed by atoms with Crippen molar-refractivity contribution in [2.45, 2.75) is 19.4 Å². The molecule has 0 aliphatic carbocycles. The van der Waals surface area contributed by atoms with Crippen molar-refractivity contribution in [3.63, 3.8) is 0 Å². The predicted molar refractivity (Wildman–Crippen MR) is 122 cm³/mol. The number of hydrogen-bond acceptors (Lipinski definition) is 5. The van der Waals surface area contributed by atoms with Crippen LogP contribution in [0.2, 0.25) is 0 Å². The first-order valence-electron chi connectivity index (χ1n) is 10.9. The highest BCUT2D eigenvalue weighted by Gasteiger charge is 2.42. The maximum absolute atomic E-state index is 13.5. The van der Waals surface area contributed by atoms with E-state index in [-0.39, 0.29) is 17.1 Å². The maximum Gasteiger partial charge on any atom is 0.290 e. The molecule has 1 aliphatic rings. The molecule has 0 unspecified atom stereocenters. The quantitative estimate of drug-likeness (QED) is 0.585. The van der Waals surface area contributed by atoms with Crippen LogP contribution in [0.5, 0.6) is 11.5 Å². The lowest BCUT2D eigenvalue weighted by Crippen LogP contribution is -3.05. The zero-order valence-electron chi connectivity index (χ0n) is 18.9. The molecular formula is C25H29N2O5+. The van der Waals surface area contributed by atoms with E-state index in [2.05, 4.69) is 14.1 Å². The first-order valence-corrected chi connectivity index (χ1v) is 10.9. The average Bonchev–Trinajstić information content (AvgIpc) is 3.06. The molecule has 1 aliphatic heterocycles. The molecule has 1 N–H and O–H groups in total. The van der Waals surface area contributed by atoms with E-state index in [0.717, 1.165) is 18.5 Å². The van der Waals surface area contributed by atoms with Crippen LogP contribution in [0.1, 0.15) is 41.1 Å². The number of nitrogens with one attached hydrogen (secondary N) is 1. The van der Waals surface area contributed by atoms with Gasteiger partial charge in [0.05, 0.1) is 51.3 Å². The molecule has 1 aromatic heterocycles. The minimum atomic E-state index is -0.542. The van der Waals surface area contributed by atoms with Crippen molar-refractivity contribution < 1.29 is 23.6 Å². The number of methoxy groups -OCH3 is 1. The van der Waals surface area contributed by atoms with Crippen LogP contribution in [0.15, 0.2) is 51.7 Å². The summed E-state index contributed by atoms with van der Waals surface area (Å²) in [5, 5.41) is 0.474. The van der Waals surface area contributed by atoms with E-state index in [1.54, 1.807) is 36.3 Å². The number of amides is 1. The average molecular weight is 438 g/mol. The Hall–Kier alpha value is -3.32. The van der Waals surface area contributed by atoms with Gasteiger partial charge in [0.25, 0.3) is 5.91 Å². The molecule has 0 fully saturated rings. The molecule has 2 heterocycles. The summed E-state index contributed by atoms with van der Waals surface area (Å²) >= 11 is 0. The fourth-order valence-electron chi connectivity index (χ4n) is 4.28. The predicted octanol–water partition coefficient (Wildman–Crippen LogP) is 2.28. The van der Waals surface area contributed by atoms with Crippen LogP contribution in [-0.2, 0) is 0 Å². The lowest BCUT2D eigenvalue weighted by Gasteiger charge is -2.26. The number of nitrogens with zero attached hydrogens (tertiary/aromatic N) is 1. The molecule has 2 aromatic carbocycles. The summed E-state index contributed by atoms with van der Waals surface area (Å²) in [6.45, 7) is 3.84. The van der Waals surface area contributed by atoms with Crippen LogP contribution in [0.3, 0.4) is 0 Å². The fourth-order valence-corrected chi connectivity index (χ4v) is 4.28. The molecule has 0 saturated carbocycles. The Morgan fingerprint density at radius 1 is 1.09 bits per heavy atom. The fraction of sp³-hybridized carbons (Fsp3) is 0.360. The molecular weight excluding hydrogens is 408 g/mol. The summed E-state index contributed by atoms with van der Waals surface area (Å²) in [5.41, 5.74) is 1.43. The van der Waals surface area contributed by atoms with Gasteiger partial charge < -0.3 is 23.7 Å². The topological polar surface area (TPSA) is 73.4 Å². The van der Waals surface area contributed by atoms with E-state index in [0.29, 0.717) is 41.2 Å². The molecule has 4 rings (SSSR count). The third kappa shape index (κ3) is 3.84. The van der Waals surface area contributed by atoms with Crippen LogP contribution in [0.25, 0.3) is 11.0 Å². The van der Waals surface area contributed by atoms with Crippen molar-refractivity contribution in [3.8, 4) is 11.5 Å². The normalized spacial score (nSPS) is 15.5. The second-order valence-corrected chi connectivity index (χ2v) is 8.23. The van der Waals surface area contributed by atoms with Crippen molar-refractivity contribution in [2.75, 3.05) is 40.9 Å². The van der Waals surface area contributed by atoms with Crippen LogP contribution in [0, 0.1) is 0 Å². The van der Waals surface area contributed by atoms with E-state index < -0.39 is 6.04 Å². The van der Waals surface area contributed by atoms with E-state index >= 15 is 0 Å². The Bertz CT molecular complexity index is 1200. The van der Waals surface area contributed by atoms with Gasteiger partial charge in [-0.15, -0.1) is 0 Å². The zero-order chi connectivity index (χ0) is 22.8. The van der Waals surface area contributed by atoms with E-state index in [1.165, 1.54) is 4.90 Å². The maximum atomic E-state index is 13.5. The van der Waals surface area contributed by atoms with Crippen LogP contribution in [-0.4, -0.2) is 51.7 Å². The van der Waals surface area contributed by atoms with Gasteiger partial charge in [0.1, 0.15) is 5.58 Å². The largest absolute Gasteiger partial charge is 0.493 e. The highest BCUT2D eigenvalue weighted by atomic mass is 16.5. The van der Waals surface area contributed by atoms with Gasteiger partial charge in [-0.3, -0.25) is 9.59 Å². The number of benzene rings is 2. The van der Waals surface area contributed by atoms with E-state index in [4.69, 9.17) is 13.9 Å². The zero-order valence-corrected chi connectivity index (χ0v) is 18.9. The second-order valence-electron chi connectivity index (χ2n) is 8.23. The van der Waals surface area contributed by atoms with Crippen LogP contribution >= 0.6 is 0 Å². The molecule has 3 aromatic rings. The number of hydrogen-bond donors (Lipinski definition) is 1. The van der Waals surface area contributed by atoms with Gasteiger partial charge in [-0.05, 0) is 36.8 Å². The summed E-state index contributed by atoms with van der Waals surface area (Å²) in [6.07, 6.45) is 0.806. The van der Waals surface area contributed by atoms with Gasteiger partial charge in [-0.25, -0.2) is 0 Å². The van der Waals surface area contributed by atoms with E-state index in [9.17, 15) is 9.59 Å². The van der Waals surface area contributed by atoms with Crippen molar-refractivity contribution in [2.24, 2.45) is 0 Å². The highest BCUT2D eigenvalue weighted by Crippen LogP contribution is 2.40. The minimum absolute atomic E-state index is 0.128. The molecule has 32 heavy (non-hydrogen) atoms.